The molecule has 1 aromatic heterocycles. The Morgan fingerprint density at radius 3 is 2.76 bits per heavy atom. The van der Waals surface area contributed by atoms with Crippen LogP contribution in [0.5, 0.6) is 0 Å². The van der Waals surface area contributed by atoms with Gasteiger partial charge in [-0.1, -0.05) is 13.8 Å². The van der Waals surface area contributed by atoms with Gasteiger partial charge in [-0.05, 0) is 33.2 Å². The van der Waals surface area contributed by atoms with Crippen molar-refractivity contribution in [3.05, 3.63) is 11.1 Å². The Kier molecular flexibility index (Phi) is 6.52. The van der Waals surface area contributed by atoms with E-state index < -0.39 is 0 Å². The number of nitrogens with zero attached hydrogens (tertiary/aromatic N) is 2. The number of thiazole rings is 1. The summed E-state index contributed by atoms with van der Waals surface area (Å²) in [6.07, 6.45) is 2.34. The van der Waals surface area contributed by atoms with Crippen molar-refractivity contribution in [2.45, 2.75) is 53.1 Å². The van der Waals surface area contributed by atoms with Gasteiger partial charge in [0.05, 0.1) is 5.69 Å². The molecule has 0 bridgehead atoms. The summed E-state index contributed by atoms with van der Waals surface area (Å²) >= 11 is 1.76. The maximum atomic E-state index is 4.70. The fourth-order valence-electron chi connectivity index (χ4n) is 1.76. The molecular weight excluding hydrogens is 230 g/mol. The van der Waals surface area contributed by atoms with E-state index in [0.29, 0.717) is 6.04 Å². The second-order valence-corrected chi connectivity index (χ2v) is 5.18. The van der Waals surface area contributed by atoms with Gasteiger partial charge in [0, 0.05) is 24.5 Å². The summed E-state index contributed by atoms with van der Waals surface area (Å²) in [6.45, 7) is 11.9. The van der Waals surface area contributed by atoms with Crippen LogP contribution < -0.4 is 10.2 Å². The van der Waals surface area contributed by atoms with Gasteiger partial charge in [-0.15, -0.1) is 11.3 Å². The molecule has 1 atom stereocenters. The Morgan fingerprint density at radius 1 is 1.41 bits per heavy atom. The molecule has 0 aliphatic heterocycles. The van der Waals surface area contributed by atoms with Crippen LogP contribution in [0.25, 0.3) is 0 Å². The van der Waals surface area contributed by atoms with E-state index in [9.17, 15) is 0 Å². The summed E-state index contributed by atoms with van der Waals surface area (Å²) in [7, 11) is 0. The molecule has 0 amide bonds. The minimum absolute atomic E-state index is 0.572. The van der Waals surface area contributed by atoms with Crippen molar-refractivity contribution in [3.8, 4) is 0 Å². The topological polar surface area (TPSA) is 28.2 Å². The van der Waals surface area contributed by atoms with E-state index in [1.54, 1.807) is 11.3 Å². The van der Waals surface area contributed by atoms with E-state index in [2.05, 4.69) is 43.3 Å². The van der Waals surface area contributed by atoms with E-state index in [0.717, 1.165) is 31.2 Å². The lowest BCUT2D eigenvalue weighted by Gasteiger charge is -2.26. The van der Waals surface area contributed by atoms with Crippen LogP contribution in [0, 0.1) is 0 Å². The molecule has 1 heterocycles. The molecule has 4 heteroatoms. The van der Waals surface area contributed by atoms with Crippen molar-refractivity contribution >= 4 is 16.5 Å². The van der Waals surface area contributed by atoms with E-state index in [-0.39, 0.29) is 0 Å². The first-order valence-electron chi connectivity index (χ1n) is 6.64. The molecule has 0 saturated carbocycles. The third kappa shape index (κ3) is 4.28. The largest absolute Gasteiger partial charge is 0.346 e. The summed E-state index contributed by atoms with van der Waals surface area (Å²) in [5, 5.41) is 6.72. The van der Waals surface area contributed by atoms with Crippen LogP contribution in [0.3, 0.4) is 0 Å². The van der Waals surface area contributed by atoms with Crippen LogP contribution in [-0.2, 0) is 6.54 Å². The predicted octanol–water partition coefficient (Wildman–Crippen LogP) is 3.27. The molecule has 98 valence electrons. The lowest BCUT2D eigenvalue weighted by molar-refractivity contribution is 0.624. The molecule has 0 aromatic carbocycles. The molecular formula is C13H25N3S. The van der Waals surface area contributed by atoms with Crippen LogP contribution in [0.2, 0.25) is 0 Å². The van der Waals surface area contributed by atoms with Gasteiger partial charge >= 0.3 is 0 Å². The summed E-state index contributed by atoms with van der Waals surface area (Å²) in [6, 6.07) is 0.572. The Labute approximate surface area is 109 Å². The third-order valence-corrected chi connectivity index (χ3v) is 3.91. The standard InChI is InChI=1S/C13H25N3S/c1-5-8-14-9-12-10-17-13(15-12)16(7-3)11(4)6-2/h10-11,14H,5-9H2,1-4H3. The van der Waals surface area contributed by atoms with Gasteiger partial charge < -0.3 is 10.2 Å². The Hall–Kier alpha value is -0.610. The van der Waals surface area contributed by atoms with E-state index in [4.69, 9.17) is 4.98 Å². The third-order valence-electron chi connectivity index (χ3n) is 2.98. The molecule has 0 aliphatic rings. The van der Waals surface area contributed by atoms with Crippen LogP contribution in [0.1, 0.15) is 46.2 Å². The number of anilines is 1. The highest BCUT2D eigenvalue weighted by Crippen LogP contribution is 2.23. The normalized spacial score (nSPS) is 12.7. The molecule has 1 N–H and O–H groups in total. The fourth-order valence-corrected chi connectivity index (χ4v) is 2.75. The maximum absolute atomic E-state index is 4.70. The first-order chi connectivity index (χ1) is 8.22. The molecule has 0 radical (unpaired) electrons. The monoisotopic (exact) mass is 255 g/mol. The van der Waals surface area contributed by atoms with Gasteiger partial charge in [0.25, 0.3) is 0 Å². The Bertz CT molecular complexity index is 311. The minimum atomic E-state index is 0.572. The van der Waals surface area contributed by atoms with Crippen molar-refractivity contribution in [2.24, 2.45) is 0 Å². The molecule has 0 saturated heterocycles. The summed E-state index contributed by atoms with van der Waals surface area (Å²) in [4.78, 5) is 7.09. The van der Waals surface area contributed by atoms with E-state index >= 15 is 0 Å². The highest BCUT2D eigenvalue weighted by Gasteiger charge is 2.14. The molecule has 1 unspecified atom stereocenters. The summed E-state index contributed by atoms with van der Waals surface area (Å²) in [5.74, 6) is 0. The van der Waals surface area contributed by atoms with Crippen LogP contribution in [0.4, 0.5) is 5.13 Å². The Balaban J connectivity index is 2.58. The first-order valence-corrected chi connectivity index (χ1v) is 7.52. The van der Waals surface area contributed by atoms with Gasteiger partial charge in [0.1, 0.15) is 0 Å². The van der Waals surface area contributed by atoms with Gasteiger partial charge in [0.15, 0.2) is 5.13 Å². The highest BCUT2D eigenvalue weighted by molar-refractivity contribution is 7.13. The second kappa shape index (κ2) is 7.67. The van der Waals surface area contributed by atoms with Gasteiger partial charge in [-0.3, -0.25) is 0 Å². The van der Waals surface area contributed by atoms with Crippen molar-refractivity contribution in [3.63, 3.8) is 0 Å². The summed E-state index contributed by atoms with van der Waals surface area (Å²) in [5.41, 5.74) is 1.17. The van der Waals surface area contributed by atoms with Crippen molar-refractivity contribution < 1.29 is 0 Å². The minimum Gasteiger partial charge on any atom is -0.346 e. The number of aromatic nitrogens is 1. The maximum Gasteiger partial charge on any atom is 0.185 e. The summed E-state index contributed by atoms with van der Waals surface area (Å²) < 4.78 is 0. The lowest BCUT2D eigenvalue weighted by Crippen LogP contribution is -2.32. The molecule has 0 spiro atoms. The van der Waals surface area contributed by atoms with E-state index in [1.165, 1.54) is 12.1 Å². The molecule has 1 aromatic rings. The van der Waals surface area contributed by atoms with Crippen molar-refractivity contribution in [1.82, 2.24) is 10.3 Å². The molecule has 3 nitrogen and oxygen atoms in total. The second-order valence-electron chi connectivity index (χ2n) is 4.34. The SMILES string of the molecule is CCCNCc1csc(N(CC)C(C)CC)n1. The van der Waals surface area contributed by atoms with Crippen LogP contribution in [0.15, 0.2) is 5.38 Å². The van der Waals surface area contributed by atoms with Gasteiger partial charge in [0.2, 0.25) is 0 Å². The van der Waals surface area contributed by atoms with Crippen molar-refractivity contribution in [2.75, 3.05) is 18.0 Å². The predicted molar refractivity (Wildman–Crippen MR) is 76.9 cm³/mol. The number of hydrogen-bond acceptors (Lipinski definition) is 4. The average Bonchev–Trinajstić information content (AvgIpc) is 2.79. The average molecular weight is 255 g/mol. The number of nitrogens with one attached hydrogen (secondary N) is 1. The first kappa shape index (κ1) is 14.5. The zero-order valence-electron chi connectivity index (χ0n) is 11.5. The number of rotatable bonds is 8. The zero-order chi connectivity index (χ0) is 12.7. The van der Waals surface area contributed by atoms with E-state index in [1.807, 2.05) is 0 Å². The van der Waals surface area contributed by atoms with Crippen LogP contribution >= 0.6 is 11.3 Å². The van der Waals surface area contributed by atoms with Crippen molar-refractivity contribution in [1.29, 1.82) is 0 Å². The number of hydrogen-bond donors (Lipinski definition) is 1. The molecule has 0 fully saturated rings. The quantitative estimate of drug-likeness (QED) is 0.723. The Morgan fingerprint density at radius 2 is 2.18 bits per heavy atom. The highest BCUT2D eigenvalue weighted by atomic mass is 32.1. The lowest BCUT2D eigenvalue weighted by atomic mass is 10.2. The zero-order valence-corrected chi connectivity index (χ0v) is 12.3. The van der Waals surface area contributed by atoms with Gasteiger partial charge in [-0.2, -0.15) is 0 Å². The van der Waals surface area contributed by atoms with Crippen LogP contribution in [-0.4, -0.2) is 24.1 Å². The molecule has 0 aliphatic carbocycles. The van der Waals surface area contributed by atoms with Gasteiger partial charge in [-0.25, -0.2) is 4.98 Å². The fraction of sp³-hybridized carbons (Fsp3) is 0.769. The smallest absolute Gasteiger partial charge is 0.185 e. The molecule has 17 heavy (non-hydrogen) atoms. The molecule has 1 rings (SSSR count).